The Balaban J connectivity index is 2.87. The molecule has 0 fully saturated rings. The predicted molar refractivity (Wildman–Crippen MR) is 78.0 cm³/mol. The lowest BCUT2D eigenvalue weighted by molar-refractivity contribution is -0.0275. The van der Waals surface area contributed by atoms with Crippen molar-refractivity contribution < 1.29 is 9.13 Å². The Bertz CT molecular complexity index is 417. The van der Waals surface area contributed by atoms with Gasteiger partial charge in [-0.15, -0.1) is 0 Å². The highest BCUT2D eigenvalue weighted by Gasteiger charge is 2.31. The third kappa shape index (κ3) is 4.44. The van der Waals surface area contributed by atoms with E-state index in [4.69, 9.17) is 22.1 Å². The highest BCUT2D eigenvalue weighted by atomic mass is 35.5. The Kier molecular flexibility index (Phi) is 5.78. The van der Waals surface area contributed by atoms with Gasteiger partial charge in [-0.1, -0.05) is 44.5 Å². The maximum Gasteiger partial charge on any atom is 0.145 e. The van der Waals surface area contributed by atoms with Crippen molar-refractivity contribution in [3.05, 3.63) is 34.6 Å². The summed E-state index contributed by atoms with van der Waals surface area (Å²) in [6.45, 7) is 8.74. The Morgan fingerprint density at radius 3 is 2.53 bits per heavy atom. The van der Waals surface area contributed by atoms with Crippen LogP contribution in [-0.4, -0.2) is 18.8 Å². The second-order valence-electron chi connectivity index (χ2n) is 5.82. The molecule has 0 aliphatic heterocycles. The first-order valence-corrected chi connectivity index (χ1v) is 6.95. The van der Waals surface area contributed by atoms with E-state index in [-0.39, 0.29) is 28.4 Å². The summed E-state index contributed by atoms with van der Waals surface area (Å²) in [6, 6.07) is 4.72. The van der Waals surface area contributed by atoms with Gasteiger partial charge in [-0.25, -0.2) is 4.39 Å². The molecule has 2 atom stereocenters. The van der Waals surface area contributed by atoms with E-state index in [9.17, 15) is 4.39 Å². The van der Waals surface area contributed by atoms with Gasteiger partial charge >= 0.3 is 0 Å². The highest BCUT2D eigenvalue weighted by molar-refractivity contribution is 6.30. The van der Waals surface area contributed by atoms with Crippen molar-refractivity contribution in [1.29, 1.82) is 0 Å². The van der Waals surface area contributed by atoms with Crippen LogP contribution in [0.4, 0.5) is 4.39 Å². The number of halogens is 2. The molecule has 0 radical (unpaired) electrons. The molecule has 1 aromatic carbocycles. The molecule has 108 valence electrons. The molecular weight excluding hydrogens is 265 g/mol. The number of ether oxygens (including phenoxy) is 1. The Labute approximate surface area is 120 Å². The molecule has 0 bridgehead atoms. The van der Waals surface area contributed by atoms with Crippen molar-refractivity contribution >= 4 is 11.6 Å². The second kappa shape index (κ2) is 6.69. The molecule has 19 heavy (non-hydrogen) atoms. The Morgan fingerprint density at radius 2 is 2.00 bits per heavy atom. The van der Waals surface area contributed by atoms with Crippen molar-refractivity contribution in [2.45, 2.75) is 46.3 Å². The standard InChI is InChI=1S/C15H23ClFNO/c1-5-19-14(15(2,3)4)12(18)9-10-7-6-8-11(16)13(10)17/h6-8,12,14H,5,9,18H2,1-4H3. The van der Waals surface area contributed by atoms with Crippen molar-refractivity contribution in [2.75, 3.05) is 6.61 Å². The van der Waals surface area contributed by atoms with Crippen molar-refractivity contribution in [3.63, 3.8) is 0 Å². The number of benzene rings is 1. The number of nitrogens with two attached hydrogens (primary N) is 1. The molecule has 2 nitrogen and oxygen atoms in total. The minimum absolute atomic E-state index is 0.0928. The molecule has 1 rings (SSSR count). The fourth-order valence-corrected chi connectivity index (χ4v) is 2.46. The van der Waals surface area contributed by atoms with Gasteiger partial charge in [-0.05, 0) is 30.4 Å². The third-order valence-corrected chi connectivity index (χ3v) is 3.37. The summed E-state index contributed by atoms with van der Waals surface area (Å²) in [5.41, 5.74) is 6.65. The number of hydrogen-bond acceptors (Lipinski definition) is 2. The van der Waals surface area contributed by atoms with E-state index in [0.717, 1.165) is 0 Å². The van der Waals surface area contributed by atoms with Gasteiger partial charge in [-0.3, -0.25) is 0 Å². The van der Waals surface area contributed by atoms with E-state index in [2.05, 4.69) is 20.8 Å². The summed E-state index contributed by atoms with van der Waals surface area (Å²) in [7, 11) is 0. The van der Waals surface area contributed by atoms with Gasteiger partial charge in [0.05, 0.1) is 11.1 Å². The zero-order valence-electron chi connectivity index (χ0n) is 12.0. The van der Waals surface area contributed by atoms with Crippen LogP contribution in [0.2, 0.25) is 5.02 Å². The molecule has 2 unspecified atom stereocenters. The maximum atomic E-state index is 13.9. The van der Waals surface area contributed by atoms with Gasteiger partial charge in [0.2, 0.25) is 0 Å². The molecule has 0 saturated carbocycles. The summed E-state index contributed by atoms with van der Waals surface area (Å²) in [5.74, 6) is -0.385. The van der Waals surface area contributed by atoms with Gasteiger partial charge < -0.3 is 10.5 Å². The number of hydrogen-bond donors (Lipinski definition) is 1. The molecule has 0 aliphatic carbocycles. The zero-order valence-corrected chi connectivity index (χ0v) is 12.8. The first-order valence-electron chi connectivity index (χ1n) is 6.57. The van der Waals surface area contributed by atoms with Crippen LogP contribution in [0.15, 0.2) is 18.2 Å². The molecule has 0 heterocycles. The first kappa shape index (κ1) is 16.4. The van der Waals surface area contributed by atoms with E-state index in [1.54, 1.807) is 12.1 Å². The van der Waals surface area contributed by atoms with Crippen molar-refractivity contribution in [3.8, 4) is 0 Å². The lowest BCUT2D eigenvalue weighted by Crippen LogP contribution is -2.46. The Hall–Kier alpha value is -0.640. The van der Waals surface area contributed by atoms with Gasteiger partial charge in [0, 0.05) is 12.6 Å². The van der Waals surface area contributed by atoms with Crippen LogP contribution in [0.5, 0.6) is 0 Å². The summed E-state index contributed by atoms with van der Waals surface area (Å²) < 4.78 is 19.6. The van der Waals surface area contributed by atoms with Crippen LogP contribution < -0.4 is 5.73 Å². The van der Waals surface area contributed by atoms with Gasteiger partial charge in [-0.2, -0.15) is 0 Å². The lowest BCUT2D eigenvalue weighted by atomic mass is 9.82. The SMILES string of the molecule is CCOC(C(N)Cc1cccc(Cl)c1F)C(C)(C)C. The van der Waals surface area contributed by atoms with Crippen LogP contribution in [0.25, 0.3) is 0 Å². The summed E-state index contributed by atoms with van der Waals surface area (Å²) in [4.78, 5) is 0. The molecule has 0 aliphatic rings. The van der Waals surface area contributed by atoms with E-state index < -0.39 is 0 Å². The molecule has 0 amide bonds. The summed E-state index contributed by atoms with van der Waals surface area (Å²) in [5, 5.41) is 0.133. The minimum Gasteiger partial charge on any atom is -0.376 e. The average Bonchev–Trinajstić information content (AvgIpc) is 2.30. The van der Waals surface area contributed by atoms with Crippen LogP contribution in [0.1, 0.15) is 33.3 Å². The largest absolute Gasteiger partial charge is 0.376 e. The fourth-order valence-electron chi connectivity index (χ4n) is 2.26. The fraction of sp³-hybridized carbons (Fsp3) is 0.600. The van der Waals surface area contributed by atoms with E-state index >= 15 is 0 Å². The monoisotopic (exact) mass is 287 g/mol. The zero-order chi connectivity index (χ0) is 14.6. The smallest absolute Gasteiger partial charge is 0.145 e. The molecule has 4 heteroatoms. The summed E-state index contributed by atoms with van der Waals surface area (Å²) in [6.07, 6.45) is 0.282. The van der Waals surface area contributed by atoms with Crippen LogP contribution >= 0.6 is 11.6 Å². The van der Waals surface area contributed by atoms with Crippen LogP contribution in [0, 0.1) is 11.2 Å². The molecule has 2 N–H and O–H groups in total. The van der Waals surface area contributed by atoms with Crippen LogP contribution in [-0.2, 0) is 11.2 Å². The van der Waals surface area contributed by atoms with Gasteiger partial charge in [0.25, 0.3) is 0 Å². The minimum atomic E-state index is -0.385. The molecule has 0 spiro atoms. The topological polar surface area (TPSA) is 35.2 Å². The normalized spacial score (nSPS) is 15.3. The van der Waals surface area contributed by atoms with Crippen molar-refractivity contribution in [2.24, 2.45) is 11.1 Å². The van der Waals surface area contributed by atoms with Crippen molar-refractivity contribution in [1.82, 2.24) is 0 Å². The molecule has 0 saturated heterocycles. The second-order valence-corrected chi connectivity index (χ2v) is 6.23. The quantitative estimate of drug-likeness (QED) is 0.894. The highest BCUT2D eigenvalue weighted by Crippen LogP contribution is 2.27. The summed E-state index contributed by atoms with van der Waals surface area (Å²) >= 11 is 5.78. The number of rotatable bonds is 5. The van der Waals surface area contributed by atoms with Gasteiger partial charge in [0.15, 0.2) is 0 Å². The van der Waals surface area contributed by atoms with E-state index in [0.29, 0.717) is 18.6 Å². The maximum absolute atomic E-state index is 13.9. The van der Waals surface area contributed by atoms with Gasteiger partial charge in [0.1, 0.15) is 5.82 Å². The third-order valence-electron chi connectivity index (χ3n) is 3.08. The van der Waals surface area contributed by atoms with E-state index in [1.807, 2.05) is 6.92 Å². The van der Waals surface area contributed by atoms with Crippen LogP contribution in [0.3, 0.4) is 0 Å². The predicted octanol–water partition coefficient (Wildman–Crippen LogP) is 3.80. The molecule has 0 aromatic heterocycles. The lowest BCUT2D eigenvalue weighted by Gasteiger charge is -2.35. The average molecular weight is 288 g/mol. The first-order chi connectivity index (χ1) is 8.77. The Morgan fingerprint density at radius 1 is 1.37 bits per heavy atom. The molecular formula is C15H23ClFNO. The van der Waals surface area contributed by atoms with E-state index in [1.165, 1.54) is 6.07 Å². The molecule has 1 aromatic rings.